The molecule has 0 radical (unpaired) electrons. The van der Waals surface area contributed by atoms with E-state index in [0.29, 0.717) is 0 Å². The SMILES string of the molecule is O=C(Cl)/C=C(\[Se]c1ccccc1)c1ccccc1. The number of carbonyl (C=O) groups excluding carboxylic acids is 1. The Hall–Kier alpha value is -1.34. The van der Waals surface area contributed by atoms with Gasteiger partial charge >= 0.3 is 118 Å². The van der Waals surface area contributed by atoms with Gasteiger partial charge < -0.3 is 0 Å². The summed E-state index contributed by atoms with van der Waals surface area (Å²) in [5.74, 6) is 0. The van der Waals surface area contributed by atoms with E-state index in [-0.39, 0.29) is 15.0 Å². The van der Waals surface area contributed by atoms with Gasteiger partial charge in [0.25, 0.3) is 0 Å². The third-order valence-corrected chi connectivity index (χ3v) is 4.65. The molecule has 2 aromatic rings. The van der Waals surface area contributed by atoms with Crippen molar-refractivity contribution in [3.05, 3.63) is 72.3 Å². The van der Waals surface area contributed by atoms with Crippen molar-refractivity contribution in [1.29, 1.82) is 0 Å². The molecule has 0 aliphatic rings. The summed E-state index contributed by atoms with van der Waals surface area (Å²) in [6.45, 7) is 0. The number of hydrogen-bond donors (Lipinski definition) is 0. The molecular weight excluding hydrogens is 311 g/mol. The molecule has 2 rings (SSSR count). The molecule has 18 heavy (non-hydrogen) atoms. The van der Waals surface area contributed by atoms with E-state index in [1.807, 2.05) is 48.5 Å². The van der Waals surface area contributed by atoms with Crippen molar-refractivity contribution in [3.8, 4) is 0 Å². The fraction of sp³-hybridized carbons (Fsp3) is 0. The molecule has 2 aromatic carbocycles. The molecule has 0 saturated carbocycles. The van der Waals surface area contributed by atoms with Crippen LogP contribution in [-0.4, -0.2) is 20.2 Å². The number of hydrogen-bond acceptors (Lipinski definition) is 1. The zero-order valence-corrected chi connectivity index (χ0v) is 12.0. The quantitative estimate of drug-likeness (QED) is 0.481. The summed E-state index contributed by atoms with van der Waals surface area (Å²) in [6.07, 6.45) is 1.52. The molecule has 0 atom stereocenters. The average Bonchev–Trinajstić information content (AvgIpc) is 2.40. The summed E-state index contributed by atoms with van der Waals surface area (Å²) in [5.41, 5.74) is 1.05. The summed E-state index contributed by atoms with van der Waals surface area (Å²) in [5, 5.41) is -0.424. The van der Waals surface area contributed by atoms with E-state index in [1.54, 1.807) is 0 Å². The standard InChI is InChI=1S/C15H11ClOSe/c16-15(17)11-14(12-7-3-1-4-8-12)18-13-9-5-2-6-10-13/h1-11H/b14-11-. The van der Waals surface area contributed by atoms with Crippen molar-refractivity contribution in [2.75, 3.05) is 0 Å². The summed E-state index contributed by atoms with van der Waals surface area (Å²) in [4.78, 5) is 11.1. The molecule has 0 saturated heterocycles. The van der Waals surface area contributed by atoms with Gasteiger partial charge in [-0.15, -0.1) is 0 Å². The van der Waals surface area contributed by atoms with Gasteiger partial charge in [0.1, 0.15) is 0 Å². The second kappa shape index (κ2) is 6.55. The molecular formula is C15H11ClOSe. The second-order valence-electron chi connectivity index (χ2n) is 3.59. The molecule has 3 heteroatoms. The van der Waals surface area contributed by atoms with Gasteiger partial charge in [-0.1, -0.05) is 0 Å². The van der Waals surface area contributed by atoms with E-state index in [2.05, 4.69) is 12.1 Å². The van der Waals surface area contributed by atoms with Crippen molar-refractivity contribution in [2.45, 2.75) is 0 Å². The molecule has 0 spiro atoms. The molecule has 0 fully saturated rings. The van der Waals surface area contributed by atoms with Gasteiger partial charge in [-0.3, -0.25) is 0 Å². The van der Waals surface area contributed by atoms with Crippen molar-refractivity contribution in [3.63, 3.8) is 0 Å². The second-order valence-corrected chi connectivity index (χ2v) is 6.31. The Morgan fingerprint density at radius 2 is 1.50 bits per heavy atom. The van der Waals surface area contributed by atoms with E-state index in [9.17, 15) is 4.79 Å². The van der Waals surface area contributed by atoms with Crippen LogP contribution in [0.5, 0.6) is 0 Å². The fourth-order valence-electron chi connectivity index (χ4n) is 1.49. The van der Waals surface area contributed by atoms with Crippen molar-refractivity contribution >= 4 is 40.7 Å². The van der Waals surface area contributed by atoms with E-state index in [4.69, 9.17) is 11.6 Å². The third kappa shape index (κ3) is 3.85. The third-order valence-electron chi connectivity index (χ3n) is 2.27. The predicted octanol–water partition coefficient (Wildman–Crippen LogP) is 2.82. The van der Waals surface area contributed by atoms with Gasteiger partial charge in [-0.05, 0) is 0 Å². The summed E-state index contributed by atoms with van der Waals surface area (Å²) >= 11 is 5.56. The van der Waals surface area contributed by atoms with Crippen LogP contribution in [0.25, 0.3) is 4.47 Å². The van der Waals surface area contributed by atoms with Crippen molar-refractivity contribution in [2.24, 2.45) is 0 Å². The topological polar surface area (TPSA) is 17.1 Å². The Morgan fingerprint density at radius 1 is 0.944 bits per heavy atom. The minimum atomic E-state index is -0.424. The number of allylic oxidation sites excluding steroid dienone is 1. The monoisotopic (exact) mass is 322 g/mol. The number of benzene rings is 2. The Balaban J connectivity index is 2.31. The van der Waals surface area contributed by atoms with Crippen LogP contribution >= 0.6 is 11.6 Å². The number of halogens is 1. The first kappa shape index (κ1) is 13.1. The van der Waals surface area contributed by atoms with Crippen LogP contribution in [0.2, 0.25) is 0 Å². The van der Waals surface area contributed by atoms with Gasteiger partial charge in [0.05, 0.1) is 0 Å². The van der Waals surface area contributed by atoms with Gasteiger partial charge in [0, 0.05) is 0 Å². The molecule has 0 heterocycles. The van der Waals surface area contributed by atoms with Crippen molar-refractivity contribution in [1.82, 2.24) is 0 Å². The zero-order valence-electron chi connectivity index (χ0n) is 9.55. The Bertz CT molecular complexity index is 549. The van der Waals surface area contributed by atoms with E-state index in [0.717, 1.165) is 10.0 Å². The van der Waals surface area contributed by atoms with Crippen LogP contribution in [-0.2, 0) is 4.79 Å². The van der Waals surface area contributed by atoms with Crippen LogP contribution < -0.4 is 4.46 Å². The first-order valence-electron chi connectivity index (χ1n) is 5.45. The molecule has 0 aliphatic carbocycles. The van der Waals surface area contributed by atoms with Crippen LogP contribution in [0.1, 0.15) is 5.56 Å². The predicted molar refractivity (Wildman–Crippen MR) is 77.1 cm³/mol. The normalized spacial score (nSPS) is 11.3. The Morgan fingerprint density at radius 3 is 2.06 bits per heavy atom. The molecule has 0 amide bonds. The van der Waals surface area contributed by atoms with Gasteiger partial charge in [0.15, 0.2) is 0 Å². The molecule has 0 N–H and O–H groups in total. The number of carbonyl (C=O) groups is 1. The molecule has 90 valence electrons. The van der Waals surface area contributed by atoms with Gasteiger partial charge in [-0.25, -0.2) is 0 Å². The van der Waals surface area contributed by atoms with E-state index >= 15 is 0 Å². The maximum atomic E-state index is 11.1. The molecule has 0 unspecified atom stereocenters. The van der Waals surface area contributed by atoms with E-state index < -0.39 is 5.24 Å². The van der Waals surface area contributed by atoms with Crippen LogP contribution in [0.3, 0.4) is 0 Å². The van der Waals surface area contributed by atoms with Gasteiger partial charge in [0.2, 0.25) is 0 Å². The zero-order chi connectivity index (χ0) is 12.8. The Kier molecular flexibility index (Phi) is 4.77. The average molecular weight is 322 g/mol. The maximum absolute atomic E-state index is 11.1. The fourth-order valence-corrected chi connectivity index (χ4v) is 3.78. The first-order chi connectivity index (χ1) is 8.75. The minimum absolute atomic E-state index is 0.0766. The summed E-state index contributed by atoms with van der Waals surface area (Å²) in [6, 6.07) is 20.0. The van der Waals surface area contributed by atoms with Crippen LogP contribution in [0, 0.1) is 0 Å². The van der Waals surface area contributed by atoms with Crippen LogP contribution in [0.15, 0.2) is 66.7 Å². The number of rotatable bonds is 4. The first-order valence-corrected chi connectivity index (χ1v) is 7.54. The van der Waals surface area contributed by atoms with Crippen molar-refractivity contribution < 1.29 is 4.79 Å². The van der Waals surface area contributed by atoms with Crippen LogP contribution in [0.4, 0.5) is 0 Å². The molecule has 0 aromatic heterocycles. The van der Waals surface area contributed by atoms with Gasteiger partial charge in [-0.2, -0.15) is 0 Å². The Labute approximate surface area is 118 Å². The summed E-state index contributed by atoms with van der Waals surface area (Å²) in [7, 11) is 0. The molecule has 0 bridgehead atoms. The molecule has 0 aliphatic heterocycles. The summed E-state index contributed by atoms with van der Waals surface area (Å²) < 4.78 is 2.22. The van der Waals surface area contributed by atoms with E-state index in [1.165, 1.54) is 10.5 Å². The molecule has 1 nitrogen and oxygen atoms in total.